The van der Waals surface area contributed by atoms with Crippen molar-refractivity contribution in [1.82, 2.24) is 16.0 Å². The molecule has 2 rings (SSSR count). The number of hydrogen-bond donors (Lipinski definition) is 3. The van der Waals surface area contributed by atoms with E-state index in [-0.39, 0.29) is 12.0 Å². The number of carbonyl (C=O) groups is 2. The number of urea groups is 1. The van der Waals surface area contributed by atoms with Crippen LogP contribution in [0.1, 0.15) is 24.4 Å². The lowest BCUT2D eigenvalue weighted by Crippen LogP contribution is -2.45. The number of rotatable bonds is 5. The van der Waals surface area contributed by atoms with Crippen molar-refractivity contribution < 1.29 is 14.3 Å². The minimum Gasteiger partial charge on any atom is -0.377 e. The molecule has 3 N–H and O–H groups in total. The molecule has 1 fully saturated rings. The Hall–Kier alpha value is -1.92. The Bertz CT molecular complexity index is 472. The lowest BCUT2D eigenvalue weighted by molar-refractivity contribution is -0.122. The Morgan fingerprint density at radius 2 is 2.10 bits per heavy atom. The summed E-state index contributed by atoms with van der Waals surface area (Å²) in [6.45, 7) is 1.35. The van der Waals surface area contributed by atoms with Gasteiger partial charge in [0.05, 0.1) is 6.10 Å². The van der Waals surface area contributed by atoms with Crippen LogP contribution in [0.3, 0.4) is 0 Å². The maximum Gasteiger partial charge on any atom is 0.321 e. The lowest BCUT2D eigenvalue weighted by Gasteiger charge is -2.20. The highest BCUT2D eigenvalue weighted by molar-refractivity contribution is 5.97. The first kappa shape index (κ1) is 15.5. The van der Waals surface area contributed by atoms with Crippen LogP contribution in [0.15, 0.2) is 30.3 Å². The number of nitrogens with one attached hydrogen (secondary N) is 3. The smallest absolute Gasteiger partial charge is 0.321 e. The van der Waals surface area contributed by atoms with Gasteiger partial charge in [-0.2, -0.15) is 0 Å². The molecule has 1 heterocycles. The third-order valence-corrected chi connectivity index (χ3v) is 3.43. The van der Waals surface area contributed by atoms with Crippen LogP contribution in [-0.4, -0.2) is 38.2 Å². The van der Waals surface area contributed by atoms with E-state index in [1.807, 2.05) is 30.3 Å². The highest BCUT2D eigenvalue weighted by atomic mass is 16.5. The molecule has 0 aromatic heterocycles. The molecule has 1 saturated heterocycles. The van der Waals surface area contributed by atoms with Gasteiger partial charge < -0.3 is 10.1 Å². The minimum atomic E-state index is -0.576. The van der Waals surface area contributed by atoms with Gasteiger partial charge in [0, 0.05) is 20.2 Å². The van der Waals surface area contributed by atoms with Crippen LogP contribution in [0, 0.1) is 0 Å². The first-order valence-electron chi connectivity index (χ1n) is 7.13. The van der Waals surface area contributed by atoms with Gasteiger partial charge in [-0.05, 0) is 18.4 Å². The lowest BCUT2D eigenvalue weighted by atomic mass is 10.1. The van der Waals surface area contributed by atoms with Crippen LogP contribution in [0.5, 0.6) is 0 Å². The number of hydrogen-bond acceptors (Lipinski definition) is 4. The zero-order valence-corrected chi connectivity index (χ0v) is 12.1. The third kappa shape index (κ3) is 4.54. The largest absolute Gasteiger partial charge is 0.377 e. The van der Waals surface area contributed by atoms with Gasteiger partial charge in [0.25, 0.3) is 0 Å². The van der Waals surface area contributed by atoms with Crippen LogP contribution in [0.4, 0.5) is 4.79 Å². The van der Waals surface area contributed by atoms with E-state index in [9.17, 15) is 9.59 Å². The van der Waals surface area contributed by atoms with E-state index in [1.54, 1.807) is 0 Å². The molecule has 3 amide bonds. The molecule has 6 heteroatoms. The molecule has 1 aromatic carbocycles. The molecular weight excluding hydrogens is 270 g/mol. The molecule has 0 unspecified atom stereocenters. The van der Waals surface area contributed by atoms with Crippen LogP contribution in [-0.2, 0) is 9.53 Å². The summed E-state index contributed by atoms with van der Waals surface area (Å²) in [6, 6.07) is 8.24. The molecule has 0 aliphatic carbocycles. The second kappa shape index (κ2) is 7.75. The van der Waals surface area contributed by atoms with Crippen LogP contribution >= 0.6 is 0 Å². The van der Waals surface area contributed by atoms with Gasteiger partial charge in [0.1, 0.15) is 6.04 Å². The zero-order chi connectivity index (χ0) is 15.1. The summed E-state index contributed by atoms with van der Waals surface area (Å²) in [6.07, 6.45) is 2.17. The Morgan fingerprint density at radius 3 is 2.71 bits per heavy atom. The molecule has 0 spiro atoms. The fourth-order valence-corrected chi connectivity index (χ4v) is 2.31. The highest BCUT2D eigenvalue weighted by Gasteiger charge is 2.24. The summed E-state index contributed by atoms with van der Waals surface area (Å²) in [5.41, 5.74) is 0.817. The normalized spacial score (nSPS) is 19.0. The van der Waals surface area contributed by atoms with E-state index < -0.39 is 12.1 Å². The minimum absolute atomic E-state index is 0.129. The van der Waals surface area contributed by atoms with Crippen molar-refractivity contribution in [3.63, 3.8) is 0 Å². The summed E-state index contributed by atoms with van der Waals surface area (Å²) in [7, 11) is 1.47. The number of amides is 3. The Labute approximate surface area is 124 Å². The van der Waals surface area contributed by atoms with E-state index in [1.165, 1.54) is 7.05 Å². The second-order valence-electron chi connectivity index (χ2n) is 4.96. The standard InChI is InChI=1S/C15H21N3O3/c1-16-15(20)18-14(19)13(11-6-3-2-4-7-11)17-10-12-8-5-9-21-12/h2-4,6-7,12-13,17H,5,8-10H2,1H3,(H2,16,18,19,20)/t12-,13+/m0/s1. The Kier molecular flexibility index (Phi) is 5.71. The van der Waals surface area contributed by atoms with Crippen LogP contribution in [0.2, 0.25) is 0 Å². The highest BCUT2D eigenvalue weighted by Crippen LogP contribution is 2.16. The summed E-state index contributed by atoms with van der Waals surface area (Å²) in [4.78, 5) is 23.6. The predicted octanol–water partition coefficient (Wildman–Crippen LogP) is 0.952. The van der Waals surface area contributed by atoms with Crippen LogP contribution in [0.25, 0.3) is 0 Å². The van der Waals surface area contributed by atoms with Gasteiger partial charge in [-0.3, -0.25) is 15.4 Å². The number of benzene rings is 1. The van der Waals surface area contributed by atoms with E-state index in [4.69, 9.17) is 4.74 Å². The second-order valence-corrected chi connectivity index (χ2v) is 4.96. The molecule has 0 saturated carbocycles. The quantitative estimate of drug-likeness (QED) is 0.755. The number of imide groups is 1. The van der Waals surface area contributed by atoms with Crippen molar-refractivity contribution in [2.24, 2.45) is 0 Å². The maximum absolute atomic E-state index is 12.2. The van der Waals surface area contributed by atoms with Crippen molar-refractivity contribution in [1.29, 1.82) is 0 Å². The average molecular weight is 291 g/mol. The molecule has 0 bridgehead atoms. The van der Waals surface area contributed by atoms with E-state index >= 15 is 0 Å². The van der Waals surface area contributed by atoms with Crippen molar-refractivity contribution in [2.75, 3.05) is 20.2 Å². The fourth-order valence-electron chi connectivity index (χ4n) is 2.31. The van der Waals surface area contributed by atoms with E-state index in [0.717, 1.165) is 25.0 Å². The van der Waals surface area contributed by atoms with Gasteiger partial charge in [-0.1, -0.05) is 30.3 Å². The fraction of sp³-hybridized carbons (Fsp3) is 0.467. The van der Waals surface area contributed by atoms with Crippen molar-refractivity contribution in [3.05, 3.63) is 35.9 Å². The molecule has 114 valence electrons. The predicted molar refractivity (Wildman–Crippen MR) is 78.8 cm³/mol. The molecular formula is C15H21N3O3. The van der Waals surface area contributed by atoms with Gasteiger partial charge in [-0.15, -0.1) is 0 Å². The van der Waals surface area contributed by atoms with Crippen LogP contribution < -0.4 is 16.0 Å². The van der Waals surface area contributed by atoms with Gasteiger partial charge >= 0.3 is 6.03 Å². The summed E-state index contributed by atoms with van der Waals surface area (Å²) in [5, 5.41) is 7.88. The number of carbonyl (C=O) groups excluding carboxylic acids is 2. The zero-order valence-electron chi connectivity index (χ0n) is 12.1. The van der Waals surface area contributed by atoms with E-state index in [0.29, 0.717) is 6.54 Å². The molecule has 2 atom stereocenters. The van der Waals surface area contributed by atoms with Crippen molar-refractivity contribution in [3.8, 4) is 0 Å². The first-order chi connectivity index (χ1) is 10.2. The summed E-state index contributed by atoms with van der Waals surface area (Å²) in [5.74, 6) is -0.376. The summed E-state index contributed by atoms with van der Waals surface area (Å²) >= 11 is 0. The van der Waals surface area contributed by atoms with Crippen molar-refractivity contribution >= 4 is 11.9 Å². The Balaban J connectivity index is 2.02. The molecule has 21 heavy (non-hydrogen) atoms. The molecule has 1 aromatic rings. The van der Waals surface area contributed by atoms with Crippen molar-refractivity contribution in [2.45, 2.75) is 25.0 Å². The topological polar surface area (TPSA) is 79.5 Å². The van der Waals surface area contributed by atoms with Gasteiger partial charge in [0.2, 0.25) is 5.91 Å². The molecule has 1 aliphatic heterocycles. The first-order valence-corrected chi connectivity index (χ1v) is 7.13. The third-order valence-electron chi connectivity index (χ3n) is 3.43. The SMILES string of the molecule is CNC(=O)NC(=O)[C@H](NC[C@@H]1CCCO1)c1ccccc1. The average Bonchev–Trinajstić information content (AvgIpc) is 3.01. The molecule has 1 aliphatic rings. The van der Waals surface area contributed by atoms with Gasteiger partial charge in [0.15, 0.2) is 0 Å². The molecule has 0 radical (unpaired) electrons. The Morgan fingerprint density at radius 1 is 1.33 bits per heavy atom. The molecule has 6 nitrogen and oxygen atoms in total. The monoisotopic (exact) mass is 291 g/mol. The number of ether oxygens (including phenoxy) is 1. The maximum atomic E-state index is 12.2. The van der Waals surface area contributed by atoms with E-state index in [2.05, 4.69) is 16.0 Å². The van der Waals surface area contributed by atoms with Gasteiger partial charge in [-0.25, -0.2) is 4.79 Å². The summed E-state index contributed by atoms with van der Waals surface area (Å²) < 4.78 is 5.55.